The lowest BCUT2D eigenvalue weighted by Crippen LogP contribution is -2.47. The lowest BCUT2D eigenvalue weighted by atomic mass is 10.2. The molecule has 3 aromatic rings. The van der Waals surface area contributed by atoms with Crippen molar-refractivity contribution in [1.29, 1.82) is 0 Å². The summed E-state index contributed by atoms with van der Waals surface area (Å²) in [4.78, 5) is 25.3. The zero-order chi connectivity index (χ0) is 20.1. The number of benzene rings is 1. The molecular formula is C21H23N5O3. The Kier molecular flexibility index (Phi) is 5.60. The summed E-state index contributed by atoms with van der Waals surface area (Å²) < 4.78 is 10.7. The van der Waals surface area contributed by atoms with Crippen LogP contribution in [0.4, 0.5) is 11.5 Å². The molecule has 1 fully saturated rings. The third kappa shape index (κ3) is 4.31. The maximum atomic E-state index is 12.4. The minimum absolute atomic E-state index is 0.252. The molecule has 150 valence electrons. The smallest absolute Gasteiger partial charge is 0.270 e. The number of rotatable bonds is 6. The summed E-state index contributed by atoms with van der Waals surface area (Å²) in [7, 11) is 1.69. The van der Waals surface area contributed by atoms with Crippen LogP contribution in [0.2, 0.25) is 0 Å². The molecule has 29 heavy (non-hydrogen) atoms. The van der Waals surface area contributed by atoms with Crippen LogP contribution in [0.5, 0.6) is 5.75 Å². The van der Waals surface area contributed by atoms with Crippen molar-refractivity contribution in [2.24, 2.45) is 0 Å². The SMILES string of the molecule is COc1ccccc1N1CCN(c2cc(C(=O)NCc3ccco3)ncn2)CC1. The van der Waals surface area contributed by atoms with E-state index < -0.39 is 0 Å². The predicted octanol–water partition coefficient (Wildman–Crippen LogP) is 2.33. The van der Waals surface area contributed by atoms with Crippen molar-refractivity contribution in [3.8, 4) is 5.75 Å². The van der Waals surface area contributed by atoms with Crippen molar-refractivity contribution in [2.45, 2.75) is 6.54 Å². The summed E-state index contributed by atoms with van der Waals surface area (Å²) in [5, 5.41) is 2.81. The van der Waals surface area contributed by atoms with E-state index in [9.17, 15) is 4.79 Å². The number of hydrogen-bond donors (Lipinski definition) is 1. The van der Waals surface area contributed by atoms with Gasteiger partial charge in [0.15, 0.2) is 0 Å². The van der Waals surface area contributed by atoms with Gasteiger partial charge in [-0.15, -0.1) is 0 Å². The van der Waals surface area contributed by atoms with Crippen LogP contribution in [0.1, 0.15) is 16.2 Å². The topological polar surface area (TPSA) is 83.7 Å². The van der Waals surface area contributed by atoms with Gasteiger partial charge < -0.3 is 24.3 Å². The van der Waals surface area contributed by atoms with Crippen molar-refractivity contribution >= 4 is 17.4 Å². The fourth-order valence-electron chi connectivity index (χ4n) is 3.38. The van der Waals surface area contributed by atoms with Crippen LogP contribution in [0.3, 0.4) is 0 Å². The summed E-state index contributed by atoms with van der Waals surface area (Å²) in [6, 6.07) is 13.4. The molecule has 1 N–H and O–H groups in total. The molecule has 2 aromatic heterocycles. The van der Waals surface area contributed by atoms with Crippen LogP contribution in [0, 0.1) is 0 Å². The maximum absolute atomic E-state index is 12.4. The van der Waals surface area contributed by atoms with Crippen LogP contribution in [0.15, 0.2) is 59.5 Å². The number of nitrogens with zero attached hydrogens (tertiary/aromatic N) is 4. The molecule has 1 amide bonds. The van der Waals surface area contributed by atoms with E-state index in [4.69, 9.17) is 9.15 Å². The minimum Gasteiger partial charge on any atom is -0.495 e. The summed E-state index contributed by atoms with van der Waals surface area (Å²) >= 11 is 0. The summed E-state index contributed by atoms with van der Waals surface area (Å²) in [5.74, 6) is 2.07. The van der Waals surface area contributed by atoms with Gasteiger partial charge in [-0.1, -0.05) is 12.1 Å². The number of carbonyl (C=O) groups is 1. The van der Waals surface area contributed by atoms with E-state index in [0.29, 0.717) is 18.0 Å². The number of nitrogens with one attached hydrogen (secondary N) is 1. The normalized spacial score (nSPS) is 14.0. The van der Waals surface area contributed by atoms with Gasteiger partial charge in [0.05, 0.1) is 25.6 Å². The Morgan fingerprint density at radius 2 is 1.90 bits per heavy atom. The highest BCUT2D eigenvalue weighted by molar-refractivity contribution is 5.92. The number of hydrogen-bond acceptors (Lipinski definition) is 7. The Morgan fingerprint density at radius 1 is 1.10 bits per heavy atom. The third-order valence-electron chi connectivity index (χ3n) is 4.92. The molecule has 1 aromatic carbocycles. The van der Waals surface area contributed by atoms with E-state index in [1.54, 1.807) is 25.5 Å². The number of amides is 1. The number of carbonyl (C=O) groups excluding carboxylic acids is 1. The molecule has 0 spiro atoms. The average Bonchev–Trinajstić information content (AvgIpc) is 3.31. The average molecular weight is 393 g/mol. The van der Waals surface area contributed by atoms with Crippen LogP contribution in [-0.4, -0.2) is 49.2 Å². The Morgan fingerprint density at radius 3 is 2.66 bits per heavy atom. The predicted molar refractivity (Wildman–Crippen MR) is 109 cm³/mol. The molecular weight excluding hydrogens is 370 g/mol. The monoisotopic (exact) mass is 393 g/mol. The van der Waals surface area contributed by atoms with Crippen LogP contribution < -0.4 is 19.9 Å². The quantitative estimate of drug-likeness (QED) is 0.688. The van der Waals surface area contributed by atoms with Gasteiger partial charge in [0.2, 0.25) is 0 Å². The number of para-hydroxylation sites is 2. The molecule has 8 heteroatoms. The maximum Gasteiger partial charge on any atom is 0.270 e. The van der Waals surface area contributed by atoms with E-state index in [1.807, 2.05) is 24.3 Å². The first-order valence-corrected chi connectivity index (χ1v) is 9.50. The summed E-state index contributed by atoms with van der Waals surface area (Å²) in [6.45, 7) is 3.59. The highest BCUT2D eigenvalue weighted by Gasteiger charge is 2.21. The Hall–Kier alpha value is -3.55. The second kappa shape index (κ2) is 8.64. The van der Waals surface area contributed by atoms with E-state index >= 15 is 0 Å². The van der Waals surface area contributed by atoms with Crippen LogP contribution in [-0.2, 0) is 6.54 Å². The van der Waals surface area contributed by atoms with E-state index in [1.165, 1.54) is 6.33 Å². The second-order valence-corrected chi connectivity index (χ2v) is 6.67. The third-order valence-corrected chi connectivity index (χ3v) is 4.92. The van der Waals surface area contributed by atoms with E-state index in [0.717, 1.165) is 43.4 Å². The largest absolute Gasteiger partial charge is 0.495 e. The first-order chi connectivity index (χ1) is 14.2. The van der Waals surface area contributed by atoms with Gasteiger partial charge >= 0.3 is 0 Å². The first-order valence-electron chi connectivity index (χ1n) is 9.50. The zero-order valence-corrected chi connectivity index (χ0v) is 16.2. The highest BCUT2D eigenvalue weighted by Crippen LogP contribution is 2.29. The number of ether oxygens (including phenoxy) is 1. The molecule has 0 radical (unpaired) electrons. The molecule has 4 rings (SSSR count). The first kappa shape index (κ1) is 18.8. The molecule has 0 unspecified atom stereocenters. The van der Waals surface area contributed by atoms with Crippen molar-refractivity contribution in [3.05, 3.63) is 66.5 Å². The number of methoxy groups -OCH3 is 1. The number of furan rings is 1. The van der Waals surface area contributed by atoms with Gasteiger partial charge in [0.1, 0.15) is 29.3 Å². The van der Waals surface area contributed by atoms with Crippen molar-refractivity contribution in [3.63, 3.8) is 0 Å². The van der Waals surface area contributed by atoms with Crippen molar-refractivity contribution in [2.75, 3.05) is 43.1 Å². The Labute approximate surface area is 169 Å². The van der Waals surface area contributed by atoms with Gasteiger partial charge in [-0.3, -0.25) is 4.79 Å². The number of piperazine rings is 1. The van der Waals surface area contributed by atoms with Gasteiger partial charge in [0, 0.05) is 32.2 Å². The number of anilines is 2. The molecule has 1 aliphatic rings. The Balaban J connectivity index is 1.38. The zero-order valence-electron chi connectivity index (χ0n) is 16.2. The second-order valence-electron chi connectivity index (χ2n) is 6.67. The molecule has 8 nitrogen and oxygen atoms in total. The van der Waals surface area contributed by atoms with Gasteiger partial charge in [-0.25, -0.2) is 9.97 Å². The number of aromatic nitrogens is 2. The lowest BCUT2D eigenvalue weighted by Gasteiger charge is -2.37. The lowest BCUT2D eigenvalue weighted by molar-refractivity contribution is 0.0943. The molecule has 0 bridgehead atoms. The summed E-state index contributed by atoms with van der Waals surface area (Å²) in [6.07, 6.45) is 3.01. The molecule has 0 aliphatic carbocycles. The van der Waals surface area contributed by atoms with Gasteiger partial charge in [0.25, 0.3) is 5.91 Å². The standard InChI is InChI=1S/C21H23N5O3/c1-28-19-7-3-2-6-18(19)25-8-10-26(11-9-25)20-13-17(23-15-24-20)21(27)22-14-16-5-4-12-29-16/h2-7,12-13,15H,8-11,14H2,1H3,(H,22,27). The molecule has 1 saturated heterocycles. The molecule has 0 atom stereocenters. The molecule has 3 heterocycles. The fraction of sp³-hybridized carbons (Fsp3) is 0.286. The van der Waals surface area contributed by atoms with Crippen LogP contribution >= 0.6 is 0 Å². The van der Waals surface area contributed by atoms with Crippen LogP contribution in [0.25, 0.3) is 0 Å². The molecule has 0 saturated carbocycles. The fourth-order valence-corrected chi connectivity index (χ4v) is 3.38. The summed E-state index contributed by atoms with van der Waals surface area (Å²) in [5.41, 5.74) is 1.43. The Bertz CT molecular complexity index is 952. The van der Waals surface area contributed by atoms with Crippen molar-refractivity contribution in [1.82, 2.24) is 15.3 Å². The van der Waals surface area contributed by atoms with E-state index in [-0.39, 0.29) is 5.91 Å². The van der Waals surface area contributed by atoms with Gasteiger partial charge in [-0.2, -0.15) is 0 Å². The highest BCUT2D eigenvalue weighted by atomic mass is 16.5. The minimum atomic E-state index is -0.252. The molecule has 1 aliphatic heterocycles. The van der Waals surface area contributed by atoms with Crippen molar-refractivity contribution < 1.29 is 13.9 Å². The van der Waals surface area contributed by atoms with E-state index in [2.05, 4.69) is 31.2 Å². The van der Waals surface area contributed by atoms with Gasteiger partial charge in [-0.05, 0) is 24.3 Å².